The second-order valence-electron chi connectivity index (χ2n) is 4.69. The van der Waals surface area contributed by atoms with Crippen LogP contribution in [0, 0.1) is 5.41 Å². The van der Waals surface area contributed by atoms with E-state index in [0.29, 0.717) is 6.61 Å². The molecule has 1 heterocycles. The van der Waals surface area contributed by atoms with Crippen LogP contribution in [-0.2, 0) is 16.0 Å². The second kappa shape index (κ2) is 4.74. The molecule has 2 heteroatoms. The first-order valence-electron chi connectivity index (χ1n) is 6.10. The number of cyclic esters (lactones) is 1. The average molecular weight is 230 g/mol. The van der Waals surface area contributed by atoms with E-state index in [9.17, 15) is 4.79 Å². The Morgan fingerprint density at radius 2 is 2.18 bits per heavy atom. The van der Waals surface area contributed by atoms with E-state index in [-0.39, 0.29) is 5.97 Å². The van der Waals surface area contributed by atoms with Crippen molar-refractivity contribution in [2.24, 2.45) is 5.41 Å². The van der Waals surface area contributed by atoms with Crippen LogP contribution < -0.4 is 0 Å². The Kier molecular flexibility index (Phi) is 3.32. The van der Waals surface area contributed by atoms with E-state index in [0.717, 1.165) is 12.8 Å². The molecule has 0 spiro atoms. The average Bonchev–Trinajstić information content (AvgIpc) is 2.68. The summed E-state index contributed by atoms with van der Waals surface area (Å²) in [5.41, 5.74) is 2.05. The Balaban J connectivity index is 2.23. The molecule has 1 unspecified atom stereocenters. The first-order chi connectivity index (χ1) is 8.15. The standard InChI is InChI=1S/C15H18O2/c1-3-12-6-4-5-7-13(12)8-9-15(2)10-11-17-14(15)16/h4-9H,3,10-11H2,1-2H3/b9-8+. The van der Waals surface area contributed by atoms with Gasteiger partial charge in [0.05, 0.1) is 12.0 Å². The quantitative estimate of drug-likeness (QED) is 0.745. The van der Waals surface area contributed by atoms with Gasteiger partial charge in [0.2, 0.25) is 0 Å². The van der Waals surface area contributed by atoms with Crippen LogP contribution in [0.5, 0.6) is 0 Å². The van der Waals surface area contributed by atoms with E-state index < -0.39 is 5.41 Å². The molecule has 1 aliphatic rings. The van der Waals surface area contributed by atoms with Crippen molar-refractivity contribution in [2.75, 3.05) is 6.61 Å². The van der Waals surface area contributed by atoms with E-state index >= 15 is 0 Å². The van der Waals surface area contributed by atoms with Crippen LogP contribution in [-0.4, -0.2) is 12.6 Å². The van der Waals surface area contributed by atoms with Crippen molar-refractivity contribution in [1.82, 2.24) is 0 Å². The third-order valence-corrected chi connectivity index (χ3v) is 3.39. The number of aryl methyl sites for hydroxylation is 1. The summed E-state index contributed by atoms with van der Waals surface area (Å²) < 4.78 is 5.02. The van der Waals surface area contributed by atoms with E-state index in [2.05, 4.69) is 19.1 Å². The SMILES string of the molecule is CCc1ccccc1/C=C/C1(C)CCOC1=O. The van der Waals surface area contributed by atoms with Crippen LogP contribution in [0.1, 0.15) is 31.4 Å². The summed E-state index contributed by atoms with van der Waals surface area (Å²) in [5.74, 6) is -0.109. The van der Waals surface area contributed by atoms with Gasteiger partial charge in [-0.3, -0.25) is 4.79 Å². The molecule has 0 bridgehead atoms. The molecule has 0 aliphatic carbocycles. The molecule has 1 atom stereocenters. The molecule has 1 aromatic carbocycles. The van der Waals surface area contributed by atoms with Crippen molar-refractivity contribution in [3.8, 4) is 0 Å². The maximum Gasteiger partial charge on any atom is 0.315 e. The summed E-state index contributed by atoms with van der Waals surface area (Å²) in [6.45, 7) is 4.61. The molecule has 2 rings (SSSR count). The lowest BCUT2D eigenvalue weighted by Gasteiger charge is -2.13. The zero-order valence-corrected chi connectivity index (χ0v) is 10.4. The zero-order chi connectivity index (χ0) is 12.3. The van der Waals surface area contributed by atoms with Gasteiger partial charge in [0.1, 0.15) is 0 Å². The first kappa shape index (κ1) is 11.9. The molecular formula is C15H18O2. The maximum atomic E-state index is 11.6. The third-order valence-electron chi connectivity index (χ3n) is 3.39. The van der Waals surface area contributed by atoms with Crippen molar-refractivity contribution in [1.29, 1.82) is 0 Å². The molecule has 0 aromatic heterocycles. The summed E-state index contributed by atoms with van der Waals surface area (Å²) in [6, 6.07) is 8.27. The predicted molar refractivity (Wildman–Crippen MR) is 68.5 cm³/mol. The summed E-state index contributed by atoms with van der Waals surface area (Å²) in [4.78, 5) is 11.6. The topological polar surface area (TPSA) is 26.3 Å². The molecular weight excluding hydrogens is 212 g/mol. The van der Waals surface area contributed by atoms with Gasteiger partial charge in [-0.2, -0.15) is 0 Å². The number of hydrogen-bond donors (Lipinski definition) is 0. The number of carbonyl (C=O) groups excluding carboxylic acids is 1. The van der Waals surface area contributed by atoms with Gasteiger partial charge in [0, 0.05) is 6.42 Å². The molecule has 2 nitrogen and oxygen atoms in total. The Hall–Kier alpha value is -1.57. The lowest BCUT2D eigenvalue weighted by atomic mass is 9.88. The molecule has 0 radical (unpaired) electrons. The van der Waals surface area contributed by atoms with Crippen LogP contribution in [0.15, 0.2) is 30.3 Å². The fraction of sp³-hybridized carbons (Fsp3) is 0.400. The molecule has 1 saturated heterocycles. The molecule has 1 aliphatic heterocycles. The van der Waals surface area contributed by atoms with Crippen LogP contribution in [0.3, 0.4) is 0 Å². The van der Waals surface area contributed by atoms with Gasteiger partial charge >= 0.3 is 5.97 Å². The Labute approximate surface area is 102 Å². The predicted octanol–water partition coefficient (Wildman–Crippen LogP) is 3.22. The third kappa shape index (κ3) is 2.41. The number of benzene rings is 1. The minimum Gasteiger partial charge on any atom is -0.465 e. The highest BCUT2D eigenvalue weighted by Gasteiger charge is 2.37. The highest BCUT2D eigenvalue weighted by molar-refractivity contribution is 5.81. The number of carbonyl (C=O) groups is 1. The lowest BCUT2D eigenvalue weighted by Crippen LogP contribution is -2.18. The largest absolute Gasteiger partial charge is 0.465 e. The van der Waals surface area contributed by atoms with Gasteiger partial charge in [0.25, 0.3) is 0 Å². The van der Waals surface area contributed by atoms with Crippen LogP contribution in [0.4, 0.5) is 0 Å². The minimum atomic E-state index is -0.444. The summed E-state index contributed by atoms with van der Waals surface area (Å²) in [5, 5.41) is 0. The highest BCUT2D eigenvalue weighted by Crippen LogP contribution is 2.31. The minimum absolute atomic E-state index is 0.109. The van der Waals surface area contributed by atoms with E-state index in [1.165, 1.54) is 11.1 Å². The first-order valence-corrected chi connectivity index (χ1v) is 6.10. The molecule has 90 valence electrons. The van der Waals surface area contributed by atoms with E-state index in [4.69, 9.17) is 4.74 Å². The zero-order valence-electron chi connectivity index (χ0n) is 10.4. The van der Waals surface area contributed by atoms with Crippen LogP contribution in [0.25, 0.3) is 6.08 Å². The molecule has 1 fully saturated rings. The lowest BCUT2D eigenvalue weighted by molar-refractivity contribution is -0.143. The van der Waals surface area contributed by atoms with Crippen molar-refractivity contribution in [2.45, 2.75) is 26.7 Å². The van der Waals surface area contributed by atoms with Gasteiger partial charge in [0.15, 0.2) is 0 Å². The second-order valence-corrected chi connectivity index (χ2v) is 4.69. The number of hydrogen-bond acceptors (Lipinski definition) is 2. The monoisotopic (exact) mass is 230 g/mol. The van der Waals surface area contributed by atoms with E-state index in [1.807, 2.05) is 31.2 Å². The summed E-state index contributed by atoms with van der Waals surface area (Å²) >= 11 is 0. The Morgan fingerprint density at radius 3 is 2.82 bits per heavy atom. The van der Waals surface area contributed by atoms with Crippen molar-refractivity contribution < 1.29 is 9.53 Å². The van der Waals surface area contributed by atoms with Crippen molar-refractivity contribution in [3.05, 3.63) is 41.5 Å². The Bertz CT molecular complexity index is 448. The Morgan fingerprint density at radius 1 is 1.41 bits per heavy atom. The van der Waals surface area contributed by atoms with Gasteiger partial charge in [-0.15, -0.1) is 0 Å². The van der Waals surface area contributed by atoms with Crippen LogP contribution in [0.2, 0.25) is 0 Å². The van der Waals surface area contributed by atoms with Gasteiger partial charge < -0.3 is 4.74 Å². The fourth-order valence-corrected chi connectivity index (χ4v) is 2.07. The van der Waals surface area contributed by atoms with E-state index in [1.54, 1.807) is 0 Å². The number of esters is 1. The molecule has 0 amide bonds. The van der Waals surface area contributed by atoms with Gasteiger partial charge in [-0.25, -0.2) is 0 Å². The number of rotatable bonds is 3. The summed E-state index contributed by atoms with van der Waals surface area (Å²) in [6.07, 6.45) is 5.81. The number of ether oxygens (including phenoxy) is 1. The highest BCUT2D eigenvalue weighted by atomic mass is 16.5. The van der Waals surface area contributed by atoms with Crippen molar-refractivity contribution in [3.63, 3.8) is 0 Å². The molecule has 0 N–H and O–H groups in total. The summed E-state index contributed by atoms with van der Waals surface area (Å²) in [7, 11) is 0. The molecule has 0 saturated carbocycles. The maximum absolute atomic E-state index is 11.6. The fourth-order valence-electron chi connectivity index (χ4n) is 2.07. The normalized spacial score (nSPS) is 24.2. The molecule has 17 heavy (non-hydrogen) atoms. The van der Waals surface area contributed by atoms with Gasteiger partial charge in [-0.1, -0.05) is 43.3 Å². The van der Waals surface area contributed by atoms with Gasteiger partial charge in [-0.05, 0) is 24.5 Å². The van der Waals surface area contributed by atoms with Crippen molar-refractivity contribution >= 4 is 12.0 Å². The smallest absolute Gasteiger partial charge is 0.315 e. The van der Waals surface area contributed by atoms with Crippen LogP contribution >= 0.6 is 0 Å². The molecule has 1 aromatic rings.